The van der Waals surface area contributed by atoms with E-state index in [4.69, 9.17) is 9.73 Å². The molecule has 2 unspecified atom stereocenters. The zero-order valence-electron chi connectivity index (χ0n) is 18.7. The number of hydrogen-bond donors (Lipinski definition) is 0. The molecule has 8 nitrogen and oxygen atoms in total. The number of aromatic nitrogens is 2. The summed E-state index contributed by atoms with van der Waals surface area (Å²) in [6.45, 7) is 5.76. The third-order valence-corrected chi connectivity index (χ3v) is 6.63. The number of benzene rings is 1. The number of nitrogens with zero attached hydrogens (tertiary/aromatic N) is 5. The van der Waals surface area contributed by atoms with Crippen LogP contribution in [-0.2, 0) is 16.1 Å². The lowest BCUT2D eigenvalue weighted by Crippen LogP contribution is -2.57. The summed E-state index contributed by atoms with van der Waals surface area (Å²) < 4.78 is 9.93. The molecule has 0 aliphatic carbocycles. The van der Waals surface area contributed by atoms with Crippen LogP contribution in [0.3, 0.4) is 0 Å². The Labute approximate surface area is 187 Å². The van der Waals surface area contributed by atoms with Gasteiger partial charge in [0, 0.05) is 20.2 Å². The van der Waals surface area contributed by atoms with Crippen molar-refractivity contribution in [3.8, 4) is 0 Å². The number of rotatable bonds is 5. The van der Waals surface area contributed by atoms with Gasteiger partial charge in [-0.15, -0.1) is 0 Å². The molecule has 8 heteroatoms. The number of ether oxygens (including phenoxy) is 1. The highest BCUT2D eigenvalue weighted by Crippen LogP contribution is 2.35. The lowest BCUT2D eigenvalue weighted by Gasteiger charge is -2.32. The largest absolute Gasteiger partial charge is 0.402 e. The number of fused-ring (bicyclic) bond motifs is 3. The molecular weight excluding hydrogens is 406 g/mol. The van der Waals surface area contributed by atoms with Gasteiger partial charge in [-0.05, 0) is 32.3 Å². The highest BCUT2D eigenvalue weighted by Gasteiger charge is 2.54. The van der Waals surface area contributed by atoms with E-state index in [0.717, 1.165) is 36.4 Å². The van der Waals surface area contributed by atoms with Gasteiger partial charge in [0.2, 0.25) is 11.9 Å². The van der Waals surface area contributed by atoms with Crippen molar-refractivity contribution < 1.29 is 18.9 Å². The zero-order valence-corrected chi connectivity index (χ0v) is 18.7. The number of urea groups is 1. The lowest BCUT2D eigenvalue weighted by molar-refractivity contribution is -0.695. The third-order valence-electron chi connectivity index (χ3n) is 6.63. The molecule has 3 amide bonds. The van der Waals surface area contributed by atoms with E-state index >= 15 is 0 Å². The van der Waals surface area contributed by atoms with Gasteiger partial charge < -0.3 is 4.74 Å². The summed E-state index contributed by atoms with van der Waals surface area (Å²) in [7, 11) is 1.69. The van der Waals surface area contributed by atoms with Crippen LogP contribution in [-0.4, -0.2) is 58.4 Å². The normalized spacial score (nSPS) is 22.7. The Kier molecular flexibility index (Phi) is 5.17. The molecule has 166 valence electrons. The van der Waals surface area contributed by atoms with Crippen LogP contribution >= 0.6 is 0 Å². The van der Waals surface area contributed by atoms with Crippen LogP contribution in [0.4, 0.5) is 10.7 Å². The molecule has 3 aliphatic rings. The maximum atomic E-state index is 13.5. The molecule has 0 spiro atoms. The first-order chi connectivity index (χ1) is 15.5. The van der Waals surface area contributed by atoms with Crippen molar-refractivity contribution in [2.45, 2.75) is 45.4 Å². The van der Waals surface area contributed by atoms with Crippen LogP contribution in [0.2, 0.25) is 0 Å². The minimum Gasteiger partial charge on any atom is -0.375 e. The smallest absolute Gasteiger partial charge is 0.375 e. The van der Waals surface area contributed by atoms with E-state index in [2.05, 4.69) is 4.57 Å². The molecule has 2 atom stereocenters. The quantitative estimate of drug-likeness (QED) is 0.680. The maximum Gasteiger partial charge on any atom is 0.402 e. The molecule has 0 N–H and O–H groups in total. The number of carbonyl (C=O) groups is 2. The number of likely N-dealkylation sites (N-methyl/N-ethyl adjacent to an activating group) is 1. The van der Waals surface area contributed by atoms with Crippen LogP contribution in [0.5, 0.6) is 0 Å². The molecule has 3 aliphatic heterocycles. The average molecular weight is 435 g/mol. The van der Waals surface area contributed by atoms with Gasteiger partial charge in [-0.3, -0.25) is 14.6 Å². The number of amides is 3. The number of imidazole rings is 1. The SMILES string of the molecule is Cc1c(C)[n+](CC2CCCO2)c2n1C1C(=O)N(C/C=C/c3ccccc3)C(=O)N(C)C1=N2. The Balaban J connectivity index is 1.45. The average Bonchev–Trinajstić information content (AvgIpc) is 3.50. The van der Waals surface area contributed by atoms with Gasteiger partial charge in [-0.1, -0.05) is 47.5 Å². The van der Waals surface area contributed by atoms with Gasteiger partial charge in [0.1, 0.15) is 11.4 Å². The zero-order chi connectivity index (χ0) is 22.4. The van der Waals surface area contributed by atoms with Gasteiger partial charge in [0.15, 0.2) is 0 Å². The van der Waals surface area contributed by atoms with E-state index in [0.29, 0.717) is 18.3 Å². The molecule has 5 rings (SSSR count). The first kappa shape index (κ1) is 20.6. The van der Waals surface area contributed by atoms with E-state index in [1.165, 1.54) is 9.80 Å². The van der Waals surface area contributed by atoms with Crippen molar-refractivity contribution in [3.05, 3.63) is 53.4 Å². The first-order valence-electron chi connectivity index (χ1n) is 11.1. The summed E-state index contributed by atoms with van der Waals surface area (Å²) in [6, 6.07) is 8.85. The molecule has 0 saturated carbocycles. The van der Waals surface area contributed by atoms with E-state index in [1.807, 2.05) is 60.9 Å². The lowest BCUT2D eigenvalue weighted by atomic mass is 10.1. The van der Waals surface area contributed by atoms with Crippen LogP contribution in [0.15, 0.2) is 41.4 Å². The van der Waals surface area contributed by atoms with Crippen LogP contribution in [0.1, 0.15) is 35.8 Å². The molecule has 2 aromatic rings. The van der Waals surface area contributed by atoms with Crippen molar-refractivity contribution >= 4 is 29.8 Å². The monoisotopic (exact) mass is 434 g/mol. The predicted octanol–water partition coefficient (Wildman–Crippen LogP) is 2.76. The molecular formula is C24H28N5O3+. The van der Waals surface area contributed by atoms with Crippen molar-refractivity contribution in [2.75, 3.05) is 20.2 Å². The van der Waals surface area contributed by atoms with Gasteiger partial charge in [-0.2, -0.15) is 0 Å². The fourth-order valence-electron chi connectivity index (χ4n) is 4.74. The predicted molar refractivity (Wildman–Crippen MR) is 120 cm³/mol. The van der Waals surface area contributed by atoms with E-state index < -0.39 is 6.04 Å². The van der Waals surface area contributed by atoms with E-state index in [1.54, 1.807) is 7.05 Å². The number of imide groups is 1. The summed E-state index contributed by atoms with van der Waals surface area (Å²) in [5.41, 5.74) is 3.08. The highest BCUT2D eigenvalue weighted by atomic mass is 16.5. The Bertz CT molecular complexity index is 1130. The van der Waals surface area contributed by atoms with Crippen LogP contribution in [0.25, 0.3) is 6.08 Å². The summed E-state index contributed by atoms with van der Waals surface area (Å²) in [4.78, 5) is 34.1. The molecule has 2 saturated heterocycles. The highest BCUT2D eigenvalue weighted by molar-refractivity contribution is 6.20. The number of hydrogen-bond acceptors (Lipinski definition) is 4. The molecule has 32 heavy (non-hydrogen) atoms. The molecule has 0 radical (unpaired) electrons. The topological polar surface area (TPSA) is 71.0 Å². The van der Waals surface area contributed by atoms with Gasteiger partial charge in [0.05, 0.1) is 12.6 Å². The molecule has 1 aromatic carbocycles. The number of amidine groups is 1. The molecule has 1 aromatic heterocycles. The van der Waals surface area contributed by atoms with Crippen molar-refractivity contribution in [3.63, 3.8) is 0 Å². The fraction of sp³-hybridized carbons (Fsp3) is 0.417. The second-order valence-corrected chi connectivity index (χ2v) is 8.56. The standard InChI is InChI=1S/C24H28N5O3/c1-16-17(2)29-20-21(25-23(29)28(16)15-19-12-8-14-32-19)26(3)24(31)27(22(20)30)13-7-11-18-9-5-4-6-10-18/h4-7,9-11,19-20H,8,12-15H2,1-3H3/q+1/b11-7+. The van der Waals surface area contributed by atoms with Crippen molar-refractivity contribution in [2.24, 2.45) is 4.99 Å². The molecule has 0 bridgehead atoms. The van der Waals surface area contributed by atoms with Crippen LogP contribution in [0, 0.1) is 13.8 Å². The van der Waals surface area contributed by atoms with Gasteiger partial charge in [0.25, 0.3) is 5.91 Å². The summed E-state index contributed by atoms with van der Waals surface area (Å²) in [6.07, 6.45) is 6.02. The molecule has 4 heterocycles. The number of carbonyl (C=O) groups excluding carboxylic acids is 2. The third kappa shape index (κ3) is 3.26. The first-order valence-corrected chi connectivity index (χ1v) is 11.1. The second kappa shape index (κ2) is 8.02. The Morgan fingerprint density at radius 3 is 2.72 bits per heavy atom. The van der Waals surface area contributed by atoms with Gasteiger partial charge in [-0.25, -0.2) is 13.9 Å². The minimum absolute atomic E-state index is 0.155. The fourth-order valence-corrected chi connectivity index (χ4v) is 4.74. The van der Waals surface area contributed by atoms with Crippen molar-refractivity contribution in [1.29, 1.82) is 0 Å². The summed E-state index contributed by atoms with van der Waals surface area (Å²) in [5, 5.41) is 0. The maximum absolute atomic E-state index is 13.5. The van der Waals surface area contributed by atoms with Crippen LogP contribution < -0.4 is 4.57 Å². The summed E-state index contributed by atoms with van der Waals surface area (Å²) >= 11 is 0. The van der Waals surface area contributed by atoms with Gasteiger partial charge >= 0.3 is 12.0 Å². The minimum atomic E-state index is -0.623. The van der Waals surface area contributed by atoms with E-state index in [9.17, 15) is 9.59 Å². The van der Waals surface area contributed by atoms with Crippen molar-refractivity contribution in [1.82, 2.24) is 14.4 Å². The van der Waals surface area contributed by atoms with E-state index in [-0.39, 0.29) is 24.6 Å². The molecule has 2 fully saturated rings. The second-order valence-electron chi connectivity index (χ2n) is 8.56. The Morgan fingerprint density at radius 2 is 2.00 bits per heavy atom. The Hall–Kier alpha value is -3.26. The summed E-state index contributed by atoms with van der Waals surface area (Å²) in [5.74, 6) is 0.957. The number of aliphatic imine (C=N–C) groups is 1. The Morgan fingerprint density at radius 1 is 1.22 bits per heavy atom.